The summed E-state index contributed by atoms with van der Waals surface area (Å²) in [6, 6.07) is 3.42. The third-order valence-electron chi connectivity index (χ3n) is 2.64. The summed E-state index contributed by atoms with van der Waals surface area (Å²) in [5, 5.41) is 10.6. The summed E-state index contributed by atoms with van der Waals surface area (Å²) in [5.74, 6) is -2.90. The van der Waals surface area contributed by atoms with Gasteiger partial charge >= 0.3 is 12.1 Å². The van der Waals surface area contributed by atoms with Crippen molar-refractivity contribution in [2.75, 3.05) is 0 Å². The van der Waals surface area contributed by atoms with E-state index in [-0.39, 0.29) is 10.6 Å². The summed E-state index contributed by atoms with van der Waals surface area (Å²) >= 11 is 5.50. The van der Waals surface area contributed by atoms with E-state index in [1.165, 1.54) is 12.1 Å². The Hall–Kier alpha value is -1.34. The Balaban J connectivity index is 2.92. The molecule has 1 rings (SSSR count). The highest BCUT2D eigenvalue weighted by Crippen LogP contribution is 2.31. The average molecular weight is 300 g/mol. The molecule has 0 aliphatic heterocycles. The van der Waals surface area contributed by atoms with Gasteiger partial charge in [0.25, 0.3) is 0 Å². The molecule has 0 aliphatic rings. The summed E-state index contributed by atoms with van der Waals surface area (Å²) in [7, 11) is 0. The number of halogens is 5. The van der Waals surface area contributed by atoms with Gasteiger partial charge < -0.3 is 5.11 Å². The van der Waals surface area contributed by atoms with E-state index in [2.05, 4.69) is 0 Å². The summed E-state index contributed by atoms with van der Waals surface area (Å²) in [6.07, 6.45) is -5.01. The van der Waals surface area contributed by atoms with Gasteiger partial charge in [-0.25, -0.2) is 9.18 Å². The third-order valence-corrected chi connectivity index (χ3v) is 2.88. The normalized spacial score (nSPS) is 15.1. The van der Waals surface area contributed by atoms with E-state index in [0.29, 0.717) is 6.92 Å². The molecule has 0 saturated heterocycles. The molecule has 0 saturated carbocycles. The number of carboxylic acid groups (broad SMARTS) is 1. The quantitative estimate of drug-likeness (QED) is 0.840. The van der Waals surface area contributed by atoms with Crippen molar-refractivity contribution in [3.8, 4) is 0 Å². The van der Waals surface area contributed by atoms with Crippen LogP contribution in [0, 0.1) is 5.82 Å². The van der Waals surface area contributed by atoms with E-state index in [9.17, 15) is 22.4 Å². The van der Waals surface area contributed by atoms with E-state index in [1.807, 2.05) is 0 Å². The lowest BCUT2D eigenvalue weighted by Gasteiger charge is -2.28. The molecule has 1 unspecified atom stereocenters. The lowest BCUT2D eigenvalue weighted by Crippen LogP contribution is -2.59. The van der Waals surface area contributed by atoms with Gasteiger partial charge in [0.05, 0.1) is 0 Å². The van der Waals surface area contributed by atoms with Crippen LogP contribution in [0.3, 0.4) is 0 Å². The Morgan fingerprint density at radius 2 is 2.00 bits per heavy atom. The second-order valence-electron chi connectivity index (χ2n) is 4.02. The van der Waals surface area contributed by atoms with Gasteiger partial charge in [-0.1, -0.05) is 17.7 Å². The van der Waals surface area contributed by atoms with Crippen LogP contribution in [0.2, 0.25) is 5.02 Å². The number of hydrogen-bond acceptors (Lipinski definition) is 2. The second kappa shape index (κ2) is 5.34. The SMILES string of the molecule is CC(NCc1ccc(Cl)cc1F)(C(=O)O)C(F)(F)F. The number of nitrogens with one attached hydrogen (secondary N) is 1. The van der Waals surface area contributed by atoms with Gasteiger partial charge in [0.15, 0.2) is 0 Å². The first-order valence-corrected chi connectivity index (χ1v) is 5.45. The lowest BCUT2D eigenvalue weighted by atomic mass is 10.0. The zero-order valence-corrected chi connectivity index (χ0v) is 10.4. The van der Waals surface area contributed by atoms with Gasteiger partial charge in [-0.15, -0.1) is 0 Å². The molecular formula is C11H10ClF4NO2. The molecular weight excluding hydrogens is 290 g/mol. The number of benzene rings is 1. The standard InChI is InChI=1S/C11H10ClF4NO2/c1-10(9(18)19,11(14,15)16)17-5-6-2-3-7(12)4-8(6)13/h2-4,17H,5H2,1H3,(H,18,19). The lowest BCUT2D eigenvalue weighted by molar-refractivity contribution is -0.206. The number of alkyl halides is 3. The fourth-order valence-corrected chi connectivity index (χ4v) is 1.39. The maximum absolute atomic E-state index is 13.4. The highest BCUT2D eigenvalue weighted by atomic mass is 35.5. The molecule has 0 radical (unpaired) electrons. The molecule has 0 spiro atoms. The van der Waals surface area contributed by atoms with Crippen molar-refractivity contribution in [1.29, 1.82) is 0 Å². The first-order chi connectivity index (χ1) is 8.58. The van der Waals surface area contributed by atoms with Crippen molar-refractivity contribution >= 4 is 17.6 Å². The van der Waals surface area contributed by atoms with Crippen molar-refractivity contribution in [3.63, 3.8) is 0 Å². The Morgan fingerprint density at radius 1 is 1.42 bits per heavy atom. The molecule has 0 bridgehead atoms. The fourth-order valence-electron chi connectivity index (χ4n) is 1.23. The highest BCUT2D eigenvalue weighted by Gasteiger charge is 2.57. The van der Waals surface area contributed by atoms with Crippen LogP contribution in [0.15, 0.2) is 18.2 Å². The molecule has 19 heavy (non-hydrogen) atoms. The van der Waals surface area contributed by atoms with Crippen molar-refractivity contribution in [2.45, 2.75) is 25.2 Å². The summed E-state index contributed by atoms with van der Waals surface area (Å²) in [5.41, 5.74) is -3.26. The van der Waals surface area contributed by atoms with Gasteiger partial charge in [0, 0.05) is 17.1 Å². The zero-order valence-electron chi connectivity index (χ0n) is 9.68. The minimum absolute atomic E-state index is 0.0954. The molecule has 0 aliphatic carbocycles. The predicted molar refractivity (Wildman–Crippen MR) is 60.3 cm³/mol. The van der Waals surface area contributed by atoms with E-state index < -0.39 is 30.0 Å². The number of hydrogen-bond donors (Lipinski definition) is 2. The van der Waals surface area contributed by atoms with Crippen LogP contribution in [0.5, 0.6) is 0 Å². The Kier molecular flexibility index (Phi) is 4.42. The smallest absolute Gasteiger partial charge is 0.417 e. The first kappa shape index (κ1) is 15.7. The fraction of sp³-hybridized carbons (Fsp3) is 0.364. The first-order valence-electron chi connectivity index (χ1n) is 5.07. The van der Waals surface area contributed by atoms with Gasteiger partial charge in [0.1, 0.15) is 5.82 Å². The van der Waals surface area contributed by atoms with Crippen LogP contribution in [-0.4, -0.2) is 22.8 Å². The van der Waals surface area contributed by atoms with Crippen molar-refractivity contribution < 1.29 is 27.5 Å². The number of carbonyl (C=O) groups is 1. The minimum atomic E-state index is -5.01. The monoisotopic (exact) mass is 299 g/mol. The predicted octanol–water partition coefficient (Wildman–Crippen LogP) is 2.97. The van der Waals surface area contributed by atoms with Crippen LogP contribution < -0.4 is 5.32 Å². The molecule has 0 fully saturated rings. The number of rotatable bonds is 4. The van der Waals surface area contributed by atoms with Crippen LogP contribution in [-0.2, 0) is 11.3 Å². The van der Waals surface area contributed by atoms with Crippen molar-refractivity contribution in [1.82, 2.24) is 5.32 Å². The van der Waals surface area contributed by atoms with Gasteiger partial charge in [-0.2, -0.15) is 13.2 Å². The molecule has 1 atom stereocenters. The Bertz CT molecular complexity index is 492. The molecule has 2 N–H and O–H groups in total. The van der Waals surface area contributed by atoms with E-state index in [1.54, 1.807) is 5.32 Å². The van der Waals surface area contributed by atoms with Crippen LogP contribution in [0.25, 0.3) is 0 Å². The molecule has 0 amide bonds. The molecule has 3 nitrogen and oxygen atoms in total. The van der Waals surface area contributed by atoms with E-state index >= 15 is 0 Å². The average Bonchev–Trinajstić information content (AvgIpc) is 2.25. The third kappa shape index (κ3) is 3.36. The van der Waals surface area contributed by atoms with E-state index in [4.69, 9.17) is 16.7 Å². The van der Waals surface area contributed by atoms with Gasteiger partial charge in [-0.3, -0.25) is 5.32 Å². The summed E-state index contributed by atoms with van der Waals surface area (Å²) < 4.78 is 51.4. The van der Waals surface area contributed by atoms with Crippen molar-refractivity contribution in [2.24, 2.45) is 0 Å². The second-order valence-corrected chi connectivity index (χ2v) is 4.45. The minimum Gasteiger partial charge on any atom is -0.480 e. The molecule has 0 aromatic heterocycles. The summed E-state index contributed by atoms with van der Waals surface area (Å²) in [4.78, 5) is 10.7. The molecule has 106 valence electrons. The molecule has 8 heteroatoms. The summed E-state index contributed by atoms with van der Waals surface area (Å²) in [6.45, 7) is -0.117. The maximum Gasteiger partial charge on any atom is 0.417 e. The van der Waals surface area contributed by atoms with E-state index in [0.717, 1.165) is 6.07 Å². The Morgan fingerprint density at radius 3 is 2.42 bits per heavy atom. The molecule has 1 aromatic carbocycles. The van der Waals surface area contributed by atoms with Crippen molar-refractivity contribution in [3.05, 3.63) is 34.6 Å². The topological polar surface area (TPSA) is 49.3 Å². The maximum atomic E-state index is 13.4. The van der Waals surface area contributed by atoms with Crippen LogP contribution in [0.4, 0.5) is 17.6 Å². The Labute approximate surface area is 111 Å². The van der Waals surface area contributed by atoms with Gasteiger partial charge in [0.2, 0.25) is 5.54 Å². The number of aliphatic carboxylic acids is 1. The van der Waals surface area contributed by atoms with Crippen LogP contribution >= 0.6 is 11.6 Å². The largest absolute Gasteiger partial charge is 0.480 e. The molecule has 1 aromatic rings. The number of carboxylic acids is 1. The van der Waals surface area contributed by atoms with Crippen LogP contribution in [0.1, 0.15) is 12.5 Å². The van der Waals surface area contributed by atoms with Gasteiger partial charge in [-0.05, 0) is 19.1 Å². The zero-order chi connectivity index (χ0) is 14.8. The molecule has 0 heterocycles. The highest BCUT2D eigenvalue weighted by molar-refractivity contribution is 6.30.